The van der Waals surface area contributed by atoms with Gasteiger partial charge in [-0.1, -0.05) is 59.7 Å². The van der Waals surface area contributed by atoms with Crippen LogP contribution >= 0.6 is 0 Å². The van der Waals surface area contributed by atoms with Gasteiger partial charge >= 0.3 is 11.9 Å². The molecule has 35 heavy (non-hydrogen) atoms. The summed E-state index contributed by atoms with van der Waals surface area (Å²) in [6.45, 7) is 3.82. The highest BCUT2D eigenvalue weighted by Crippen LogP contribution is 2.14. The summed E-state index contributed by atoms with van der Waals surface area (Å²) in [7, 11) is 0. The van der Waals surface area contributed by atoms with Crippen LogP contribution in [0.5, 0.6) is 0 Å². The topological polar surface area (TPSA) is 140 Å². The predicted octanol–water partition coefficient (Wildman–Crippen LogP) is 1.79. The fourth-order valence-corrected chi connectivity index (χ4v) is 3.01. The van der Waals surface area contributed by atoms with Gasteiger partial charge in [0.1, 0.15) is 0 Å². The number of benzene rings is 2. The number of hydrogen-bond donors (Lipinski definition) is 0. The number of hydrogen-bond acceptors (Lipinski definition) is 10. The van der Waals surface area contributed by atoms with Crippen LogP contribution in [0.3, 0.4) is 0 Å². The smallest absolute Gasteiger partial charge is 0.329 e. The van der Waals surface area contributed by atoms with Gasteiger partial charge < -0.3 is 9.47 Å². The molecule has 0 fully saturated rings. The van der Waals surface area contributed by atoms with E-state index in [4.69, 9.17) is 9.47 Å². The molecule has 0 bridgehead atoms. The number of aromatic nitrogens is 8. The maximum absolute atomic E-state index is 12.0. The zero-order valence-corrected chi connectivity index (χ0v) is 19.4. The molecule has 4 rings (SSSR count). The molecule has 2 aromatic heterocycles. The highest BCUT2D eigenvalue weighted by molar-refractivity contribution is 5.69. The Kier molecular flexibility index (Phi) is 7.50. The SMILES string of the molecule is Cc1ccc(-c2nnn(CC(=O)OCCCOC(=O)Cn3nnc(-c4ccc(C)cc4)n3)n2)cc1. The van der Waals surface area contributed by atoms with Crippen molar-refractivity contribution in [1.29, 1.82) is 0 Å². The summed E-state index contributed by atoms with van der Waals surface area (Å²) in [6, 6.07) is 15.3. The Morgan fingerprint density at radius 1 is 0.686 bits per heavy atom. The lowest BCUT2D eigenvalue weighted by Crippen LogP contribution is -2.19. The van der Waals surface area contributed by atoms with Gasteiger partial charge in [-0.05, 0) is 24.3 Å². The van der Waals surface area contributed by atoms with Crippen LogP contribution in [0.25, 0.3) is 22.8 Å². The number of aryl methyl sites for hydroxylation is 2. The molecule has 2 heterocycles. The lowest BCUT2D eigenvalue weighted by Gasteiger charge is -2.05. The van der Waals surface area contributed by atoms with Crippen LogP contribution in [0, 0.1) is 13.8 Å². The van der Waals surface area contributed by atoms with Gasteiger partial charge in [0, 0.05) is 17.5 Å². The van der Waals surface area contributed by atoms with Gasteiger partial charge in [0.25, 0.3) is 0 Å². The zero-order valence-electron chi connectivity index (χ0n) is 19.4. The maximum Gasteiger partial charge on any atom is 0.329 e. The van der Waals surface area contributed by atoms with E-state index in [1.165, 1.54) is 9.59 Å². The molecule has 0 amide bonds. The molecule has 0 atom stereocenters. The fourth-order valence-electron chi connectivity index (χ4n) is 3.01. The third kappa shape index (κ3) is 6.76. The van der Waals surface area contributed by atoms with E-state index in [-0.39, 0.29) is 26.3 Å². The maximum atomic E-state index is 12.0. The van der Waals surface area contributed by atoms with Gasteiger partial charge in [-0.25, -0.2) is 9.59 Å². The van der Waals surface area contributed by atoms with Crippen molar-refractivity contribution >= 4 is 11.9 Å². The molecule has 0 aliphatic heterocycles. The Morgan fingerprint density at radius 2 is 1.09 bits per heavy atom. The zero-order chi connectivity index (χ0) is 24.6. The van der Waals surface area contributed by atoms with Crippen LogP contribution in [-0.2, 0) is 32.2 Å². The molecular weight excluding hydrogens is 452 g/mol. The van der Waals surface area contributed by atoms with Gasteiger partial charge in [0.15, 0.2) is 13.1 Å². The minimum Gasteiger partial charge on any atom is -0.464 e. The number of ether oxygens (including phenoxy) is 2. The monoisotopic (exact) mass is 476 g/mol. The third-order valence-electron chi connectivity index (χ3n) is 4.88. The van der Waals surface area contributed by atoms with Gasteiger partial charge in [-0.15, -0.1) is 20.4 Å². The van der Waals surface area contributed by atoms with E-state index >= 15 is 0 Å². The summed E-state index contributed by atoms with van der Waals surface area (Å²) in [5, 5.41) is 24.0. The van der Waals surface area contributed by atoms with Crippen molar-refractivity contribution in [3.05, 3.63) is 59.7 Å². The number of nitrogens with zero attached hydrogens (tertiary/aromatic N) is 8. The first-order chi connectivity index (χ1) is 17.0. The number of carbonyl (C=O) groups excluding carboxylic acids is 2. The number of rotatable bonds is 10. The first kappa shape index (κ1) is 23.7. The molecule has 4 aromatic rings. The number of carbonyl (C=O) groups is 2. The van der Waals surface area contributed by atoms with Crippen molar-refractivity contribution in [1.82, 2.24) is 40.4 Å². The van der Waals surface area contributed by atoms with Crippen molar-refractivity contribution in [3.8, 4) is 22.8 Å². The van der Waals surface area contributed by atoms with E-state index < -0.39 is 11.9 Å². The Labute approximate surface area is 200 Å². The molecular formula is C23H24N8O4. The molecule has 0 unspecified atom stereocenters. The van der Waals surface area contributed by atoms with Gasteiger partial charge in [-0.3, -0.25) is 0 Å². The molecule has 2 aromatic carbocycles. The normalized spacial score (nSPS) is 10.8. The second kappa shape index (κ2) is 11.1. The molecule has 0 aliphatic carbocycles. The lowest BCUT2D eigenvalue weighted by atomic mass is 10.1. The summed E-state index contributed by atoms with van der Waals surface area (Å²) in [4.78, 5) is 26.3. The van der Waals surface area contributed by atoms with E-state index in [1.54, 1.807) is 0 Å². The molecule has 0 saturated heterocycles. The summed E-state index contributed by atoms with van der Waals surface area (Å²) in [5.74, 6) is -0.172. The van der Waals surface area contributed by atoms with Crippen LogP contribution in [0.15, 0.2) is 48.5 Å². The van der Waals surface area contributed by atoms with Crippen molar-refractivity contribution in [2.24, 2.45) is 0 Å². The predicted molar refractivity (Wildman–Crippen MR) is 123 cm³/mol. The molecule has 0 N–H and O–H groups in total. The number of tetrazole rings is 2. The van der Waals surface area contributed by atoms with Gasteiger partial charge in [0.05, 0.1) is 13.2 Å². The highest BCUT2D eigenvalue weighted by Gasteiger charge is 2.12. The standard InChI is InChI=1S/C23H24N8O4/c1-16-4-8-18(9-5-16)22-24-28-30(26-22)14-20(32)34-12-3-13-35-21(33)15-31-27-23(25-29-31)19-10-6-17(2)7-11-19/h4-11H,3,12-15H2,1-2H3. The second-order valence-electron chi connectivity index (χ2n) is 7.81. The van der Waals surface area contributed by atoms with Crippen LogP contribution in [-0.4, -0.2) is 65.6 Å². The van der Waals surface area contributed by atoms with Crippen LogP contribution in [0.2, 0.25) is 0 Å². The quantitative estimate of drug-likeness (QED) is 0.246. The van der Waals surface area contributed by atoms with Gasteiger partial charge in [0.2, 0.25) is 11.6 Å². The minimum atomic E-state index is -0.514. The van der Waals surface area contributed by atoms with Crippen LogP contribution < -0.4 is 0 Å². The van der Waals surface area contributed by atoms with E-state index in [2.05, 4.69) is 30.8 Å². The van der Waals surface area contributed by atoms with Crippen molar-refractivity contribution < 1.29 is 19.1 Å². The third-order valence-corrected chi connectivity index (χ3v) is 4.88. The van der Waals surface area contributed by atoms with Gasteiger partial charge in [-0.2, -0.15) is 9.59 Å². The van der Waals surface area contributed by atoms with Crippen molar-refractivity contribution in [2.75, 3.05) is 13.2 Å². The average Bonchev–Trinajstić information content (AvgIpc) is 3.50. The first-order valence-electron chi connectivity index (χ1n) is 11.0. The van der Waals surface area contributed by atoms with E-state index in [0.717, 1.165) is 22.3 Å². The molecule has 0 aliphatic rings. The molecule has 12 nitrogen and oxygen atoms in total. The Morgan fingerprint density at radius 3 is 1.49 bits per heavy atom. The Bertz CT molecular complexity index is 1180. The highest BCUT2D eigenvalue weighted by atomic mass is 16.5. The molecule has 0 spiro atoms. The van der Waals surface area contributed by atoms with E-state index in [0.29, 0.717) is 18.1 Å². The Hall–Kier alpha value is -4.48. The minimum absolute atomic E-state index is 0.0881. The molecule has 0 radical (unpaired) electrons. The lowest BCUT2D eigenvalue weighted by molar-refractivity contribution is -0.147. The summed E-state index contributed by atoms with van der Waals surface area (Å²) in [5.41, 5.74) is 3.87. The largest absolute Gasteiger partial charge is 0.464 e. The van der Waals surface area contributed by atoms with Crippen LogP contribution in [0.4, 0.5) is 0 Å². The van der Waals surface area contributed by atoms with Crippen molar-refractivity contribution in [3.63, 3.8) is 0 Å². The van der Waals surface area contributed by atoms with Crippen molar-refractivity contribution in [2.45, 2.75) is 33.4 Å². The molecule has 0 saturated carbocycles. The van der Waals surface area contributed by atoms with E-state index in [9.17, 15) is 9.59 Å². The Balaban J connectivity index is 1.13. The van der Waals surface area contributed by atoms with Crippen LogP contribution in [0.1, 0.15) is 17.5 Å². The second-order valence-corrected chi connectivity index (χ2v) is 7.81. The summed E-state index contributed by atoms with van der Waals surface area (Å²) < 4.78 is 10.3. The summed E-state index contributed by atoms with van der Waals surface area (Å²) in [6.07, 6.45) is 0.344. The average molecular weight is 476 g/mol. The molecule has 180 valence electrons. The first-order valence-corrected chi connectivity index (χ1v) is 11.0. The summed E-state index contributed by atoms with van der Waals surface area (Å²) >= 11 is 0. The fraction of sp³-hybridized carbons (Fsp3) is 0.304. The van der Waals surface area contributed by atoms with E-state index in [1.807, 2.05) is 62.4 Å². The molecule has 12 heteroatoms. The number of esters is 2.